The highest BCUT2D eigenvalue weighted by molar-refractivity contribution is 5.60. The number of aryl methyl sites for hydroxylation is 1. The van der Waals surface area contributed by atoms with E-state index < -0.39 is 4.92 Å². The Morgan fingerprint density at radius 1 is 1.53 bits per heavy atom. The van der Waals surface area contributed by atoms with Crippen LogP contribution in [0.3, 0.4) is 0 Å². The van der Waals surface area contributed by atoms with Crippen molar-refractivity contribution in [3.8, 4) is 0 Å². The normalized spacial score (nSPS) is 21.8. The van der Waals surface area contributed by atoms with Gasteiger partial charge in [0.15, 0.2) is 0 Å². The Morgan fingerprint density at radius 3 is 2.79 bits per heavy atom. The first kappa shape index (κ1) is 13.5. The van der Waals surface area contributed by atoms with Gasteiger partial charge in [0, 0.05) is 12.6 Å². The SMILES string of the molecule is CCOC1CC(Nc2nc(N)nc(C)c2[N+](=O)[O-])C1. The molecule has 0 aromatic carbocycles. The Hall–Kier alpha value is -1.96. The average Bonchev–Trinajstić information content (AvgIpc) is 2.24. The highest BCUT2D eigenvalue weighted by atomic mass is 16.6. The molecule has 0 saturated heterocycles. The monoisotopic (exact) mass is 267 g/mol. The Bertz CT molecular complexity index is 487. The second kappa shape index (κ2) is 5.35. The fraction of sp³-hybridized carbons (Fsp3) is 0.636. The number of nitrogens with one attached hydrogen (secondary N) is 1. The molecule has 0 radical (unpaired) electrons. The predicted molar refractivity (Wildman–Crippen MR) is 69.9 cm³/mol. The molecule has 0 bridgehead atoms. The first-order chi connectivity index (χ1) is 9.01. The van der Waals surface area contributed by atoms with Crippen LogP contribution in [0.2, 0.25) is 0 Å². The third kappa shape index (κ3) is 2.90. The minimum absolute atomic E-state index is 0.0336. The van der Waals surface area contributed by atoms with Crippen molar-refractivity contribution < 1.29 is 9.66 Å². The standard InChI is InChI=1S/C11H17N5O3/c1-3-19-8-4-7(5-8)14-10-9(16(17)18)6(2)13-11(12)15-10/h7-8H,3-5H2,1-2H3,(H3,12,13,14,15). The van der Waals surface area contributed by atoms with E-state index in [-0.39, 0.29) is 35.3 Å². The van der Waals surface area contributed by atoms with Crippen molar-refractivity contribution in [2.75, 3.05) is 17.7 Å². The van der Waals surface area contributed by atoms with Crippen molar-refractivity contribution in [1.29, 1.82) is 0 Å². The second-order valence-corrected chi connectivity index (χ2v) is 4.51. The van der Waals surface area contributed by atoms with Gasteiger partial charge in [0.1, 0.15) is 5.69 Å². The molecule has 1 fully saturated rings. The summed E-state index contributed by atoms with van der Waals surface area (Å²) < 4.78 is 5.44. The summed E-state index contributed by atoms with van der Waals surface area (Å²) in [5.41, 5.74) is 5.68. The van der Waals surface area contributed by atoms with Crippen LogP contribution in [-0.2, 0) is 4.74 Å². The van der Waals surface area contributed by atoms with Gasteiger partial charge in [-0.05, 0) is 26.7 Å². The first-order valence-electron chi connectivity index (χ1n) is 6.18. The van der Waals surface area contributed by atoms with E-state index in [2.05, 4.69) is 15.3 Å². The third-order valence-corrected chi connectivity index (χ3v) is 3.10. The maximum atomic E-state index is 11.0. The van der Waals surface area contributed by atoms with Gasteiger partial charge in [-0.15, -0.1) is 0 Å². The highest BCUT2D eigenvalue weighted by Crippen LogP contribution is 2.31. The molecule has 1 heterocycles. The molecule has 8 nitrogen and oxygen atoms in total. The van der Waals surface area contributed by atoms with E-state index in [0.29, 0.717) is 6.61 Å². The van der Waals surface area contributed by atoms with Crippen LogP contribution in [0.5, 0.6) is 0 Å². The van der Waals surface area contributed by atoms with E-state index in [1.165, 1.54) is 0 Å². The lowest BCUT2D eigenvalue weighted by Gasteiger charge is -2.35. The maximum absolute atomic E-state index is 11.0. The van der Waals surface area contributed by atoms with Crippen molar-refractivity contribution in [1.82, 2.24) is 9.97 Å². The molecule has 104 valence electrons. The van der Waals surface area contributed by atoms with Gasteiger partial charge in [0.2, 0.25) is 11.8 Å². The number of nitrogen functional groups attached to an aromatic ring is 1. The number of nitrogens with two attached hydrogens (primary N) is 1. The summed E-state index contributed by atoms with van der Waals surface area (Å²) in [7, 11) is 0. The van der Waals surface area contributed by atoms with Gasteiger partial charge >= 0.3 is 5.69 Å². The van der Waals surface area contributed by atoms with E-state index in [1.807, 2.05) is 6.92 Å². The number of anilines is 2. The molecule has 3 N–H and O–H groups in total. The number of rotatable bonds is 5. The molecule has 2 rings (SSSR count). The summed E-state index contributed by atoms with van der Waals surface area (Å²) in [4.78, 5) is 18.3. The first-order valence-corrected chi connectivity index (χ1v) is 6.18. The molecule has 0 spiro atoms. The average molecular weight is 267 g/mol. The van der Waals surface area contributed by atoms with Crippen molar-refractivity contribution in [3.05, 3.63) is 15.8 Å². The lowest BCUT2D eigenvalue weighted by Crippen LogP contribution is -2.41. The molecule has 0 aliphatic heterocycles. The Morgan fingerprint density at radius 2 is 2.21 bits per heavy atom. The second-order valence-electron chi connectivity index (χ2n) is 4.51. The summed E-state index contributed by atoms with van der Waals surface area (Å²) in [6, 6.07) is 0.129. The fourth-order valence-electron chi connectivity index (χ4n) is 2.16. The van der Waals surface area contributed by atoms with Gasteiger partial charge in [-0.2, -0.15) is 4.98 Å². The largest absolute Gasteiger partial charge is 0.378 e. The van der Waals surface area contributed by atoms with Crippen LogP contribution < -0.4 is 11.1 Å². The van der Waals surface area contributed by atoms with Crippen LogP contribution in [-0.4, -0.2) is 33.6 Å². The Kier molecular flexibility index (Phi) is 3.79. The zero-order chi connectivity index (χ0) is 14.0. The Balaban J connectivity index is 2.10. The van der Waals surface area contributed by atoms with Gasteiger partial charge < -0.3 is 15.8 Å². The molecule has 19 heavy (non-hydrogen) atoms. The van der Waals surface area contributed by atoms with E-state index in [9.17, 15) is 10.1 Å². The van der Waals surface area contributed by atoms with E-state index in [4.69, 9.17) is 10.5 Å². The third-order valence-electron chi connectivity index (χ3n) is 3.10. The summed E-state index contributed by atoms with van der Waals surface area (Å²) >= 11 is 0. The Labute approximate surface area is 110 Å². The van der Waals surface area contributed by atoms with Gasteiger partial charge in [0.05, 0.1) is 11.0 Å². The number of hydrogen-bond acceptors (Lipinski definition) is 7. The number of aromatic nitrogens is 2. The lowest BCUT2D eigenvalue weighted by atomic mass is 9.89. The van der Waals surface area contributed by atoms with Gasteiger partial charge in [0.25, 0.3) is 0 Å². The summed E-state index contributed by atoms with van der Waals surface area (Å²) in [5, 5.41) is 14.1. The van der Waals surface area contributed by atoms with Gasteiger partial charge in [-0.3, -0.25) is 10.1 Å². The molecule has 0 atom stereocenters. The predicted octanol–water partition coefficient (Wildman–Crippen LogP) is 1.25. The zero-order valence-electron chi connectivity index (χ0n) is 10.9. The van der Waals surface area contributed by atoms with Crippen LogP contribution in [0.1, 0.15) is 25.5 Å². The summed E-state index contributed by atoms with van der Waals surface area (Å²) in [6.45, 7) is 4.17. The van der Waals surface area contributed by atoms with Crippen molar-refractivity contribution in [2.24, 2.45) is 0 Å². The van der Waals surface area contributed by atoms with Crippen molar-refractivity contribution >= 4 is 17.5 Å². The maximum Gasteiger partial charge on any atom is 0.332 e. The van der Waals surface area contributed by atoms with Crippen LogP contribution in [0.4, 0.5) is 17.5 Å². The topological polar surface area (TPSA) is 116 Å². The molecule has 1 aromatic rings. The van der Waals surface area contributed by atoms with Gasteiger partial charge in [-0.1, -0.05) is 0 Å². The molecule has 8 heteroatoms. The fourth-order valence-corrected chi connectivity index (χ4v) is 2.16. The van der Waals surface area contributed by atoms with Crippen molar-refractivity contribution in [2.45, 2.75) is 38.8 Å². The number of nitrogens with zero attached hydrogens (tertiary/aromatic N) is 3. The molecule has 0 unspecified atom stereocenters. The van der Waals surface area contributed by atoms with Gasteiger partial charge in [-0.25, -0.2) is 4.98 Å². The lowest BCUT2D eigenvalue weighted by molar-refractivity contribution is -0.385. The smallest absolute Gasteiger partial charge is 0.332 e. The van der Waals surface area contributed by atoms with E-state index in [0.717, 1.165) is 12.8 Å². The zero-order valence-corrected chi connectivity index (χ0v) is 10.9. The van der Waals surface area contributed by atoms with E-state index in [1.54, 1.807) is 6.92 Å². The minimum atomic E-state index is -0.490. The quantitative estimate of drug-likeness (QED) is 0.609. The van der Waals surface area contributed by atoms with Crippen LogP contribution in [0.25, 0.3) is 0 Å². The van der Waals surface area contributed by atoms with Crippen LogP contribution >= 0.6 is 0 Å². The molecule has 0 amide bonds. The number of hydrogen-bond donors (Lipinski definition) is 2. The highest BCUT2D eigenvalue weighted by Gasteiger charge is 2.32. The number of nitro groups is 1. The van der Waals surface area contributed by atoms with Crippen LogP contribution in [0.15, 0.2) is 0 Å². The molecular formula is C11H17N5O3. The minimum Gasteiger partial charge on any atom is -0.378 e. The summed E-state index contributed by atoms with van der Waals surface area (Å²) in [6.07, 6.45) is 1.85. The van der Waals surface area contributed by atoms with Crippen molar-refractivity contribution in [3.63, 3.8) is 0 Å². The number of ether oxygens (including phenoxy) is 1. The molecule has 1 aromatic heterocycles. The summed E-state index contributed by atoms with van der Waals surface area (Å²) in [5.74, 6) is 0.223. The molecule has 1 saturated carbocycles. The van der Waals surface area contributed by atoms with E-state index >= 15 is 0 Å². The molecule has 1 aliphatic carbocycles. The molecule has 1 aliphatic rings. The molecular weight excluding hydrogens is 250 g/mol. The van der Waals surface area contributed by atoms with Crippen LogP contribution in [0, 0.1) is 17.0 Å².